The van der Waals surface area contributed by atoms with Crippen LogP contribution in [0.5, 0.6) is 0 Å². The molecule has 0 aliphatic carbocycles. The summed E-state index contributed by atoms with van der Waals surface area (Å²) in [4.78, 5) is 0. The maximum Gasteiger partial charge on any atom is 0.350 e. The zero-order valence-electron chi connectivity index (χ0n) is 17.2. The van der Waals surface area contributed by atoms with Crippen LogP contribution in [-0.2, 0) is 8.23 Å². The van der Waals surface area contributed by atoms with E-state index in [1.807, 2.05) is 52.8 Å². The largest absolute Gasteiger partial charge is 0.435 e. The fraction of sp³-hybridized carbons (Fsp3) is 1.00. The average Bonchev–Trinajstić information content (AvgIpc) is 2.42. The monoisotopic (exact) mass is 416 g/mol. The van der Waals surface area contributed by atoms with Gasteiger partial charge in [-0.3, -0.25) is 0 Å². The van der Waals surface area contributed by atoms with Crippen molar-refractivity contribution in [3.8, 4) is 0 Å². The summed E-state index contributed by atoms with van der Waals surface area (Å²) in [5.41, 5.74) is 0. The van der Waals surface area contributed by atoms with E-state index in [9.17, 15) is 15.3 Å². The third kappa shape index (κ3) is 10.3. The van der Waals surface area contributed by atoms with Gasteiger partial charge in [0.1, 0.15) is 11.3 Å². The number of hydrogen-bond acceptors (Lipinski definition) is 7. The van der Waals surface area contributed by atoms with Crippen LogP contribution in [0, 0.1) is 0 Å². The molecule has 0 fully saturated rings. The highest BCUT2D eigenvalue weighted by atomic mass is 28.5. The van der Waals surface area contributed by atoms with Gasteiger partial charge in [0.05, 0.1) is 19.8 Å². The van der Waals surface area contributed by atoms with Gasteiger partial charge in [0, 0.05) is 0 Å². The van der Waals surface area contributed by atoms with Gasteiger partial charge in [-0.15, -0.1) is 0 Å². The Bertz CT molecular complexity index is 340. The molecule has 0 heterocycles. The quantitative estimate of drug-likeness (QED) is 0.339. The van der Waals surface area contributed by atoms with Crippen LogP contribution in [0.2, 0.25) is 45.8 Å². The molecule has 0 rings (SSSR count). The number of hydrogen-bond donors (Lipinski definition) is 5. The molecule has 0 radical (unpaired) electrons. The van der Waals surface area contributed by atoms with E-state index in [0.29, 0.717) is 12.8 Å². The summed E-state index contributed by atoms with van der Waals surface area (Å²) in [6.45, 7) is 15.3. The van der Waals surface area contributed by atoms with Gasteiger partial charge in [0.15, 0.2) is 16.6 Å². The molecule has 154 valence electrons. The lowest BCUT2D eigenvalue weighted by atomic mass is 10.1. The fourth-order valence-electron chi connectivity index (χ4n) is 2.59. The molecule has 2 atom stereocenters. The van der Waals surface area contributed by atoms with E-state index in [-0.39, 0.29) is 13.2 Å². The number of aliphatic hydroxyl groups is 5. The maximum atomic E-state index is 11.2. The zero-order valence-corrected chi connectivity index (χ0v) is 20.2. The van der Waals surface area contributed by atoms with Gasteiger partial charge in [-0.1, -0.05) is 13.3 Å². The van der Waals surface area contributed by atoms with Crippen molar-refractivity contribution in [3.63, 3.8) is 0 Å². The number of aliphatic hydroxyl groups excluding tert-OH is 4. The standard InChI is InChI=1S/C13H34O5Si3.C2H6O2/c1-9-10-13(16,12(15)11-14)21(8,17-19(2,3)4)18-20(5,6)7;3-1-2-4/h12,14-16H,9-11H2,1-8H3;3-4H,1-2H2. The molecule has 0 aliphatic heterocycles. The minimum atomic E-state index is -3.11. The van der Waals surface area contributed by atoms with E-state index < -0.39 is 43.1 Å². The van der Waals surface area contributed by atoms with Crippen LogP contribution >= 0.6 is 0 Å². The zero-order chi connectivity index (χ0) is 20.5. The highest BCUT2D eigenvalue weighted by Crippen LogP contribution is 2.35. The molecule has 0 amide bonds. The van der Waals surface area contributed by atoms with Crippen LogP contribution in [0.15, 0.2) is 0 Å². The second-order valence-electron chi connectivity index (χ2n) is 8.19. The van der Waals surface area contributed by atoms with Crippen LogP contribution in [0.3, 0.4) is 0 Å². The van der Waals surface area contributed by atoms with Crippen molar-refractivity contribution in [3.05, 3.63) is 0 Å². The van der Waals surface area contributed by atoms with Crippen molar-refractivity contribution in [2.45, 2.75) is 76.9 Å². The van der Waals surface area contributed by atoms with Crippen LogP contribution in [0.1, 0.15) is 19.8 Å². The Morgan fingerprint density at radius 3 is 1.40 bits per heavy atom. The molecule has 0 saturated heterocycles. The Balaban J connectivity index is 0. The summed E-state index contributed by atoms with van der Waals surface area (Å²) in [5, 5.41) is 44.5. The average molecular weight is 417 g/mol. The van der Waals surface area contributed by atoms with Gasteiger partial charge in [0.2, 0.25) is 0 Å². The first kappa shape index (κ1) is 27.6. The summed E-state index contributed by atoms with van der Waals surface area (Å²) >= 11 is 0. The van der Waals surface area contributed by atoms with Crippen molar-refractivity contribution in [1.29, 1.82) is 0 Å². The Hall–Kier alpha value is 0.371. The molecule has 5 N–H and O–H groups in total. The van der Waals surface area contributed by atoms with Crippen molar-refractivity contribution < 1.29 is 33.8 Å². The van der Waals surface area contributed by atoms with Crippen molar-refractivity contribution >= 4 is 25.2 Å². The fourth-order valence-corrected chi connectivity index (χ4v) is 15.3. The molecule has 25 heavy (non-hydrogen) atoms. The Morgan fingerprint density at radius 2 is 1.20 bits per heavy atom. The smallest absolute Gasteiger partial charge is 0.350 e. The molecule has 0 aromatic carbocycles. The predicted octanol–water partition coefficient (Wildman–Crippen LogP) is 1.16. The van der Waals surface area contributed by atoms with E-state index in [1.165, 1.54) is 0 Å². The molecule has 0 bridgehead atoms. The van der Waals surface area contributed by atoms with Gasteiger partial charge in [-0.2, -0.15) is 0 Å². The SMILES string of the molecule is CCCC(O)(C(O)CO)[Si](C)(O[Si](C)(C)C)O[Si](C)(C)C.OCCO. The van der Waals surface area contributed by atoms with Crippen molar-refractivity contribution in [2.75, 3.05) is 19.8 Å². The van der Waals surface area contributed by atoms with E-state index >= 15 is 0 Å². The Morgan fingerprint density at radius 1 is 0.840 bits per heavy atom. The molecule has 10 heteroatoms. The lowest BCUT2D eigenvalue weighted by Gasteiger charge is -2.49. The van der Waals surface area contributed by atoms with Crippen LogP contribution in [-0.4, -0.2) is 81.9 Å². The van der Waals surface area contributed by atoms with Crippen molar-refractivity contribution in [1.82, 2.24) is 0 Å². The highest BCUT2D eigenvalue weighted by Gasteiger charge is 2.59. The topological polar surface area (TPSA) is 120 Å². The normalized spacial score (nSPS) is 16.7. The van der Waals surface area contributed by atoms with E-state index in [1.54, 1.807) is 0 Å². The second kappa shape index (κ2) is 11.3. The number of rotatable bonds is 10. The van der Waals surface area contributed by atoms with Gasteiger partial charge < -0.3 is 33.8 Å². The summed E-state index contributed by atoms with van der Waals surface area (Å²) in [5.74, 6) is 0. The Kier molecular flexibility index (Phi) is 12.4. The molecule has 0 aromatic heterocycles. The molecular formula is C15H40O7Si3. The summed E-state index contributed by atoms with van der Waals surface area (Å²) in [6.07, 6.45) is -0.214. The van der Waals surface area contributed by atoms with E-state index in [2.05, 4.69) is 0 Å². The lowest BCUT2D eigenvalue weighted by molar-refractivity contribution is -0.0696. The first-order valence-electron chi connectivity index (χ1n) is 8.75. The molecule has 0 saturated carbocycles. The molecule has 0 aliphatic rings. The highest BCUT2D eigenvalue weighted by molar-refractivity contribution is 6.89. The third-order valence-corrected chi connectivity index (χ3v) is 13.4. The summed E-state index contributed by atoms with van der Waals surface area (Å²) in [6, 6.07) is 0. The molecule has 7 nitrogen and oxygen atoms in total. The summed E-state index contributed by atoms with van der Waals surface area (Å²) < 4.78 is 12.6. The van der Waals surface area contributed by atoms with Gasteiger partial charge in [0.25, 0.3) is 0 Å². The minimum Gasteiger partial charge on any atom is -0.435 e. The van der Waals surface area contributed by atoms with Crippen LogP contribution in [0.4, 0.5) is 0 Å². The third-order valence-electron chi connectivity index (χ3n) is 3.24. The van der Waals surface area contributed by atoms with Crippen LogP contribution in [0.25, 0.3) is 0 Å². The predicted molar refractivity (Wildman–Crippen MR) is 108 cm³/mol. The van der Waals surface area contributed by atoms with E-state index in [4.69, 9.17) is 18.4 Å². The molecule has 2 unspecified atom stereocenters. The first-order valence-corrected chi connectivity index (χ1v) is 17.9. The van der Waals surface area contributed by atoms with Gasteiger partial charge in [-0.25, -0.2) is 0 Å². The van der Waals surface area contributed by atoms with Crippen LogP contribution < -0.4 is 0 Å². The second-order valence-corrected chi connectivity index (χ2v) is 21.0. The van der Waals surface area contributed by atoms with Gasteiger partial charge >= 0.3 is 8.56 Å². The first-order chi connectivity index (χ1) is 11.1. The van der Waals surface area contributed by atoms with Gasteiger partial charge in [-0.05, 0) is 52.2 Å². The molecule has 0 aromatic rings. The summed E-state index contributed by atoms with van der Waals surface area (Å²) in [7, 11) is -7.08. The van der Waals surface area contributed by atoms with E-state index in [0.717, 1.165) is 0 Å². The molecular weight excluding hydrogens is 376 g/mol. The molecule has 0 spiro atoms. The van der Waals surface area contributed by atoms with Crippen molar-refractivity contribution in [2.24, 2.45) is 0 Å². The maximum absolute atomic E-state index is 11.2. The minimum absolute atomic E-state index is 0.125. The Labute approximate surface area is 156 Å². The lowest BCUT2D eigenvalue weighted by Crippen LogP contribution is -2.71.